The van der Waals surface area contributed by atoms with Crippen LogP contribution in [0, 0.1) is 11.3 Å². The zero-order chi connectivity index (χ0) is 16.4. The highest BCUT2D eigenvalue weighted by atomic mass is 32.1. The molecule has 6 heteroatoms. The van der Waals surface area contributed by atoms with Crippen molar-refractivity contribution in [2.75, 3.05) is 12.0 Å². The largest absolute Gasteiger partial charge is 0.460 e. The summed E-state index contributed by atoms with van der Waals surface area (Å²) in [6.07, 6.45) is 0.944. The van der Waals surface area contributed by atoms with Crippen LogP contribution >= 0.6 is 12.2 Å². The number of alkyl halides is 1. The number of aromatic nitrogens is 1. The minimum Gasteiger partial charge on any atom is -0.460 e. The number of nitrogens with one attached hydrogen (secondary N) is 2. The number of benzene rings is 1. The molecule has 0 saturated heterocycles. The number of thiocarbonyl (C=S) groups is 1. The summed E-state index contributed by atoms with van der Waals surface area (Å²) in [6, 6.07) is 11.5. The summed E-state index contributed by atoms with van der Waals surface area (Å²) in [5, 5.41) is 12.3. The Balaban J connectivity index is 2.04. The lowest BCUT2D eigenvalue weighted by Gasteiger charge is -2.37. The molecular formula is C17H16FN3OS. The number of nitriles is 1. The average Bonchev–Trinajstić information content (AvgIpc) is 3.01. The van der Waals surface area contributed by atoms with E-state index in [2.05, 4.69) is 16.4 Å². The quantitative estimate of drug-likeness (QED) is 0.824. The molecule has 1 aromatic heterocycles. The highest BCUT2D eigenvalue weighted by Gasteiger charge is 2.36. The Hall–Kier alpha value is -2.39. The second-order valence-electron chi connectivity index (χ2n) is 5.70. The molecule has 0 saturated carbocycles. The Morgan fingerprint density at radius 3 is 2.87 bits per heavy atom. The van der Waals surface area contributed by atoms with E-state index in [1.165, 1.54) is 0 Å². The van der Waals surface area contributed by atoms with Crippen LogP contribution < -0.4 is 5.32 Å². The minimum atomic E-state index is -0.662. The normalized spacial score (nSPS) is 19.4. The van der Waals surface area contributed by atoms with Crippen LogP contribution in [-0.2, 0) is 10.3 Å². The highest BCUT2D eigenvalue weighted by Crippen LogP contribution is 2.41. The van der Waals surface area contributed by atoms with Crippen molar-refractivity contribution in [1.29, 1.82) is 5.26 Å². The van der Waals surface area contributed by atoms with Crippen molar-refractivity contribution < 1.29 is 9.13 Å². The van der Waals surface area contributed by atoms with Crippen molar-refractivity contribution in [2.24, 2.45) is 0 Å². The summed E-state index contributed by atoms with van der Waals surface area (Å²) in [5.41, 5.74) is 3.45. The molecule has 23 heavy (non-hydrogen) atoms. The number of hydrogen-bond acceptors (Lipinski definition) is 3. The molecule has 1 aliphatic rings. The minimum absolute atomic E-state index is 0.304. The number of aromatic amines is 1. The maximum Gasteiger partial charge on any atom is 0.262 e. The first-order valence-electron chi connectivity index (χ1n) is 7.36. The van der Waals surface area contributed by atoms with E-state index < -0.39 is 12.3 Å². The van der Waals surface area contributed by atoms with E-state index in [9.17, 15) is 4.39 Å². The first kappa shape index (κ1) is 15.5. The summed E-state index contributed by atoms with van der Waals surface area (Å²) in [5.74, 6) is 0. The molecule has 0 amide bonds. The summed E-state index contributed by atoms with van der Waals surface area (Å²) in [7, 11) is 0. The molecule has 1 aromatic carbocycles. The summed E-state index contributed by atoms with van der Waals surface area (Å²) >= 11 is 5.16. The molecule has 0 radical (unpaired) electrons. The molecule has 118 valence electrons. The molecule has 1 unspecified atom stereocenters. The maximum absolute atomic E-state index is 12.6. The van der Waals surface area contributed by atoms with Gasteiger partial charge in [0.25, 0.3) is 5.17 Å². The number of fused-ring (bicyclic) bond motifs is 1. The van der Waals surface area contributed by atoms with Gasteiger partial charge in [0, 0.05) is 16.9 Å². The van der Waals surface area contributed by atoms with E-state index >= 15 is 0 Å². The zero-order valence-corrected chi connectivity index (χ0v) is 13.5. The van der Waals surface area contributed by atoms with Crippen LogP contribution in [0.4, 0.5) is 10.1 Å². The van der Waals surface area contributed by atoms with Crippen LogP contribution in [0.25, 0.3) is 11.3 Å². The van der Waals surface area contributed by atoms with Gasteiger partial charge in [0.1, 0.15) is 17.4 Å². The number of nitrogens with zero attached hydrogens (tertiary/aromatic N) is 1. The van der Waals surface area contributed by atoms with Gasteiger partial charge in [-0.05, 0) is 61.8 Å². The number of rotatable bonds is 4. The number of H-pyrrole nitrogens is 1. The summed E-state index contributed by atoms with van der Waals surface area (Å²) in [4.78, 5) is 3.06. The first-order chi connectivity index (χ1) is 11.1. The number of ether oxygens (including phenoxy) is 1. The van der Waals surface area contributed by atoms with Gasteiger partial charge < -0.3 is 15.0 Å². The molecule has 0 spiro atoms. The van der Waals surface area contributed by atoms with Crippen LogP contribution in [0.15, 0.2) is 30.3 Å². The van der Waals surface area contributed by atoms with Crippen molar-refractivity contribution in [2.45, 2.75) is 25.4 Å². The topological polar surface area (TPSA) is 60.8 Å². The Bertz CT molecular complexity index is 795. The van der Waals surface area contributed by atoms with Gasteiger partial charge in [0.05, 0.1) is 6.67 Å². The molecule has 1 atom stereocenters. The maximum atomic E-state index is 12.6. The molecule has 0 fully saturated rings. The van der Waals surface area contributed by atoms with Crippen LogP contribution in [-0.4, -0.2) is 16.8 Å². The van der Waals surface area contributed by atoms with Crippen molar-refractivity contribution in [3.63, 3.8) is 0 Å². The van der Waals surface area contributed by atoms with Gasteiger partial charge in [-0.2, -0.15) is 5.26 Å². The first-order valence-corrected chi connectivity index (χ1v) is 7.76. The lowest BCUT2D eigenvalue weighted by Crippen LogP contribution is -2.37. The molecule has 2 N–H and O–H groups in total. The fourth-order valence-electron chi connectivity index (χ4n) is 2.87. The van der Waals surface area contributed by atoms with Crippen LogP contribution in [0.2, 0.25) is 0 Å². The third-order valence-corrected chi connectivity index (χ3v) is 4.23. The van der Waals surface area contributed by atoms with Crippen LogP contribution in [0.3, 0.4) is 0 Å². The fourth-order valence-corrected chi connectivity index (χ4v) is 3.17. The molecule has 0 aliphatic carbocycles. The van der Waals surface area contributed by atoms with Gasteiger partial charge in [-0.15, -0.1) is 0 Å². The third-order valence-electron chi connectivity index (χ3n) is 4.05. The smallest absolute Gasteiger partial charge is 0.262 e. The Morgan fingerprint density at radius 1 is 1.35 bits per heavy atom. The lowest BCUT2D eigenvalue weighted by molar-refractivity contribution is 0.0591. The second-order valence-corrected chi connectivity index (χ2v) is 6.07. The predicted molar refractivity (Wildman–Crippen MR) is 90.8 cm³/mol. The monoisotopic (exact) mass is 328 g/mol. The molecule has 4 nitrogen and oxygen atoms in total. The van der Waals surface area contributed by atoms with Gasteiger partial charge in [-0.1, -0.05) is 6.07 Å². The Morgan fingerprint density at radius 2 is 2.17 bits per heavy atom. The second kappa shape index (κ2) is 6.01. The van der Waals surface area contributed by atoms with Gasteiger partial charge in [-0.3, -0.25) is 4.39 Å². The van der Waals surface area contributed by atoms with Gasteiger partial charge in [0.15, 0.2) is 0 Å². The standard InChI is InChI=1S/C17H16FN3OS/c1-17(7-2-8-18)13-9-11(14-6-4-12(10-19)20-14)3-5-15(13)21-16(23)22-17/h3-6,9,20H,2,7-8H2,1H3,(H,21,23)/i18-1. The van der Waals surface area contributed by atoms with Gasteiger partial charge in [0.2, 0.25) is 0 Å². The fraction of sp³-hybridized carbons (Fsp3) is 0.294. The molecule has 2 heterocycles. The highest BCUT2D eigenvalue weighted by molar-refractivity contribution is 7.80. The molecule has 3 rings (SSSR count). The summed E-state index contributed by atoms with van der Waals surface area (Å²) in [6.45, 7) is 1.53. The SMILES string of the molecule is CC1(CCC[18F])OC(=S)Nc2ccc(-c3ccc(C#N)[nH]3)cc21. The van der Waals surface area contributed by atoms with Crippen molar-refractivity contribution in [1.82, 2.24) is 4.98 Å². The van der Waals surface area contributed by atoms with Crippen LogP contribution in [0.1, 0.15) is 31.0 Å². The van der Waals surface area contributed by atoms with E-state index in [4.69, 9.17) is 22.2 Å². The van der Waals surface area contributed by atoms with E-state index in [1.807, 2.05) is 31.2 Å². The predicted octanol–water partition coefficient (Wildman–Crippen LogP) is 4.25. The van der Waals surface area contributed by atoms with E-state index in [-0.39, 0.29) is 0 Å². The summed E-state index contributed by atoms with van der Waals surface area (Å²) < 4.78 is 18.4. The number of halogens is 1. The van der Waals surface area contributed by atoms with Gasteiger partial charge >= 0.3 is 0 Å². The van der Waals surface area contributed by atoms with E-state index in [0.29, 0.717) is 23.7 Å². The molecule has 1 aliphatic heterocycles. The van der Waals surface area contributed by atoms with Crippen LogP contribution in [0.5, 0.6) is 0 Å². The van der Waals surface area contributed by atoms with Crippen molar-refractivity contribution >= 4 is 23.1 Å². The van der Waals surface area contributed by atoms with Crippen molar-refractivity contribution in [3.05, 3.63) is 41.6 Å². The number of anilines is 1. The molecular weight excluding hydrogens is 312 g/mol. The van der Waals surface area contributed by atoms with Crippen molar-refractivity contribution in [3.8, 4) is 17.3 Å². The van der Waals surface area contributed by atoms with Gasteiger partial charge in [-0.25, -0.2) is 0 Å². The molecule has 2 aromatic rings. The van der Waals surface area contributed by atoms with E-state index in [1.54, 1.807) is 6.07 Å². The third kappa shape index (κ3) is 2.92. The average molecular weight is 328 g/mol. The Labute approximate surface area is 139 Å². The zero-order valence-electron chi connectivity index (χ0n) is 12.6. The lowest BCUT2D eigenvalue weighted by atomic mass is 9.87. The molecule has 0 bridgehead atoms. The number of hydrogen-bond donors (Lipinski definition) is 2. The van der Waals surface area contributed by atoms with E-state index in [0.717, 1.165) is 22.5 Å². The Kier molecular flexibility index (Phi) is 4.05.